The van der Waals surface area contributed by atoms with Gasteiger partial charge in [0.25, 0.3) is 15.9 Å². The molecule has 1 saturated carbocycles. The molecule has 0 unspecified atom stereocenters. The number of rotatable bonds is 5. The minimum absolute atomic E-state index is 0.198. The van der Waals surface area contributed by atoms with E-state index in [1.807, 2.05) is 0 Å². The van der Waals surface area contributed by atoms with Gasteiger partial charge in [0, 0.05) is 5.71 Å². The van der Waals surface area contributed by atoms with E-state index in [1.165, 1.54) is 6.07 Å². The molecular weight excluding hydrogens is 370 g/mol. The molecule has 138 valence electrons. The van der Waals surface area contributed by atoms with Crippen molar-refractivity contribution in [2.45, 2.75) is 36.8 Å². The highest BCUT2D eigenvalue weighted by Gasteiger charge is 2.19. The Morgan fingerprint density at radius 3 is 2.58 bits per heavy atom. The third-order valence-corrected chi connectivity index (χ3v) is 7.11. The lowest BCUT2D eigenvalue weighted by atomic mass is 9.90. The Balaban J connectivity index is 1.74. The molecule has 1 aromatic heterocycles. The monoisotopic (exact) mass is 391 g/mol. The van der Waals surface area contributed by atoms with Gasteiger partial charge in [-0.05, 0) is 55.2 Å². The number of nitrogens with one attached hydrogen (secondary N) is 2. The summed E-state index contributed by atoms with van der Waals surface area (Å²) in [7, 11) is -3.71. The molecule has 0 radical (unpaired) electrons. The van der Waals surface area contributed by atoms with Crippen LogP contribution in [-0.2, 0) is 10.0 Å². The van der Waals surface area contributed by atoms with Gasteiger partial charge in [-0.1, -0.05) is 25.1 Å². The normalized spacial score (nSPS) is 17.6. The molecule has 0 atom stereocenters. The van der Waals surface area contributed by atoms with Crippen molar-refractivity contribution in [2.75, 3.05) is 4.72 Å². The summed E-state index contributed by atoms with van der Waals surface area (Å²) in [6.07, 6.45) is 3.92. The molecule has 2 aromatic rings. The summed E-state index contributed by atoms with van der Waals surface area (Å²) in [6.45, 7) is 2.21. The molecule has 6 nitrogen and oxygen atoms in total. The van der Waals surface area contributed by atoms with E-state index < -0.39 is 15.9 Å². The predicted octanol–water partition coefficient (Wildman–Crippen LogP) is 3.84. The molecule has 1 aromatic carbocycles. The average Bonchev–Trinajstić information content (AvgIpc) is 3.17. The van der Waals surface area contributed by atoms with Gasteiger partial charge >= 0.3 is 0 Å². The summed E-state index contributed by atoms with van der Waals surface area (Å²) in [5, 5.41) is 5.91. The van der Waals surface area contributed by atoms with Crippen molar-refractivity contribution < 1.29 is 13.2 Å². The third kappa shape index (κ3) is 4.50. The Bertz CT molecular complexity index is 896. The van der Waals surface area contributed by atoms with Crippen LogP contribution in [0.1, 0.15) is 43.0 Å². The number of thiophene rings is 1. The van der Waals surface area contributed by atoms with Crippen LogP contribution in [0.15, 0.2) is 51.1 Å². The fraction of sp³-hybridized carbons (Fsp3) is 0.333. The summed E-state index contributed by atoms with van der Waals surface area (Å²) in [5.74, 6) is 0.262. The zero-order valence-electron chi connectivity index (χ0n) is 14.4. The Hall–Kier alpha value is -2.19. The molecule has 0 bridgehead atoms. The van der Waals surface area contributed by atoms with Crippen LogP contribution in [0, 0.1) is 5.92 Å². The van der Waals surface area contributed by atoms with E-state index in [0.29, 0.717) is 5.92 Å². The summed E-state index contributed by atoms with van der Waals surface area (Å²) in [6, 6.07) is 9.69. The van der Waals surface area contributed by atoms with E-state index in [9.17, 15) is 13.2 Å². The van der Waals surface area contributed by atoms with Gasteiger partial charge in [-0.15, -0.1) is 11.3 Å². The Labute approximate surface area is 157 Å². The van der Waals surface area contributed by atoms with Crippen molar-refractivity contribution in [3.05, 3.63) is 47.3 Å². The van der Waals surface area contributed by atoms with Crippen molar-refractivity contribution in [3.8, 4) is 0 Å². The van der Waals surface area contributed by atoms with Crippen LogP contribution in [0.2, 0.25) is 0 Å². The van der Waals surface area contributed by atoms with Crippen molar-refractivity contribution in [2.24, 2.45) is 11.0 Å². The number of carbonyl (C=O) groups excluding carboxylic acids is 1. The number of nitrogens with zero attached hydrogens (tertiary/aromatic N) is 1. The molecular formula is C18H21N3O3S2. The summed E-state index contributed by atoms with van der Waals surface area (Å²) >= 11 is 1.12. The number of anilines is 1. The molecule has 0 spiro atoms. The van der Waals surface area contributed by atoms with Crippen molar-refractivity contribution in [1.29, 1.82) is 0 Å². The molecule has 0 saturated heterocycles. The zero-order chi connectivity index (χ0) is 18.6. The maximum atomic E-state index is 12.5. The highest BCUT2D eigenvalue weighted by molar-refractivity contribution is 7.94. The van der Waals surface area contributed by atoms with Crippen LogP contribution in [0.3, 0.4) is 0 Å². The lowest BCUT2D eigenvalue weighted by molar-refractivity contribution is 0.0955. The third-order valence-electron chi connectivity index (χ3n) is 4.34. The lowest BCUT2D eigenvalue weighted by Gasteiger charge is -2.18. The van der Waals surface area contributed by atoms with Crippen molar-refractivity contribution >= 4 is 38.7 Å². The number of hydrogen-bond acceptors (Lipinski definition) is 5. The molecule has 1 heterocycles. The number of amides is 1. The van der Waals surface area contributed by atoms with Crippen LogP contribution >= 0.6 is 11.3 Å². The molecule has 1 aliphatic carbocycles. The summed E-state index contributed by atoms with van der Waals surface area (Å²) in [5.41, 5.74) is 4.01. The van der Waals surface area contributed by atoms with E-state index in [0.717, 1.165) is 42.7 Å². The number of hydrazone groups is 1. The van der Waals surface area contributed by atoms with Gasteiger partial charge in [-0.3, -0.25) is 9.52 Å². The Morgan fingerprint density at radius 1 is 1.15 bits per heavy atom. The first-order valence-electron chi connectivity index (χ1n) is 8.47. The maximum absolute atomic E-state index is 12.5. The second kappa shape index (κ2) is 8.01. The van der Waals surface area contributed by atoms with E-state index in [4.69, 9.17) is 0 Å². The van der Waals surface area contributed by atoms with Crippen molar-refractivity contribution in [1.82, 2.24) is 5.43 Å². The van der Waals surface area contributed by atoms with Gasteiger partial charge in [0.05, 0.1) is 11.3 Å². The molecule has 1 amide bonds. The number of para-hydroxylation sites is 1. The lowest BCUT2D eigenvalue weighted by Crippen LogP contribution is -2.23. The Morgan fingerprint density at radius 2 is 1.88 bits per heavy atom. The van der Waals surface area contributed by atoms with E-state index >= 15 is 0 Å². The highest BCUT2D eigenvalue weighted by Crippen LogP contribution is 2.23. The SMILES string of the molecule is CC1CCC(=NNC(=O)c2ccccc2NS(=O)(=O)c2cccs2)CC1. The predicted molar refractivity (Wildman–Crippen MR) is 104 cm³/mol. The zero-order valence-corrected chi connectivity index (χ0v) is 16.1. The minimum atomic E-state index is -3.71. The van der Waals surface area contributed by atoms with Crippen LogP contribution in [0.4, 0.5) is 5.69 Å². The topological polar surface area (TPSA) is 87.6 Å². The van der Waals surface area contributed by atoms with E-state index in [1.54, 1.807) is 35.7 Å². The fourth-order valence-corrected chi connectivity index (χ4v) is 4.85. The molecule has 8 heteroatoms. The van der Waals surface area contributed by atoms with Gasteiger partial charge in [0.15, 0.2) is 0 Å². The van der Waals surface area contributed by atoms with E-state index in [2.05, 4.69) is 22.2 Å². The fourth-order valence-electron chi connectivity index (χ4n) is 2.78. The van der Waals surface area contributed by atoms with Gasteiger partial charge in [-0.2, -0.15) is 5.10 Å². The first kappa shape index (κ1) is 18.6. The first-order valence-corrected chi connectivity index (χ1v) is 10.8. The van der Waals surface area contributed by atoms with Crippen LogP contribution in [0.25, 0.3) is 0 Å². The quantitative estimate of drug-likeness (QED) is 0.759. The average molecular weight is 392 g/mol. The standard InChI is InChI=1S/C18H21N3O3S2/c1-13-8-10-14(11-9-13)19-20-18(22)15-5-2-3-6-16(15)21-26(23,24)17-7-4-12-25-17/h2-7,12-13,21H,8-11H2,1H3,(H,20,22). The number of hydrogen-bond donors (Lipinski definition) is 2. The number of carbonyl (C=O) groups is 1. The van der Waals surface area contributed by atoms with Gasteiger partial charge in [0.2, 0.25) is 0 Å². The van der Waals surface area contributed by atoms with Gasteiger partial charge in [0.1, 0.15) is 4.21 Å². The van der Waals surface area contributed by atoms with Crippen molar-refractivity contribution in [3.63, 3.8) is 0 Å². The van der Waals surface area contributed by atoms with Crippen LogP contribution in [-0.4, -0.2) is 20.0 Å². The molecule has 1 fully saturated rings. The van der Waals surface area contributed by atoms with Gasteiger partial charge in [-0.25, -0.2) is 13.8 Å². The van der Waals surface area contributed by atoms with Crippen LogP contribution < -0.4 is 10.1 Å². The number of benzene rings is 1. The molecule has 0 aliphatic heterocycles. The maximum Gasteiger partial charge on any atom is 0.273 e. The summed E-state index contributed by atoms with van der Waals surface area (Å²) in [4.78, 5) is 12.5. The Kier molecular flexibility index (Phi) is 5.73. The molecule has 1 aliphatic rings. The first-order chi connectivity index (χ1) is 12.5. The molecule has 2 N–H and O–H groups in total. The van der Waals surface area contributed by atoms with E-state index in [-0.39, 0.29) is 15.5 Å². The second-order valence-corrected chi connectivity index (χ2v) is 9.24. The minimum Gasteiger partial charge on any atom is -0.278 e. The second-order valence-electron chi connectivity index (χ2n) is 6.38. The summed E-state index contributed by atoms with van der Waals surface area (Å²) < 4.78 is 27.5. The molecule has 3 rings (SSSR count). The molecule has 26 heavy (non-hydrogen) atoms. The van der Waals surface area contributed by atoms with Crippen LogP contribution in [0.5, 0.6) is 0 Å². The van der Waals surface area contributed by atoms with Gasteiger partial charge < -0.3 is 0 Å². The smallest absolute Gasteiger partial charge is 0.273 e. The largest absolute Gasteiger partial charge is 0.278 e. The highest BCUT2D eigenvalue weighted by atomic mass is 32.2. The number of sulfonamides is 1.